The van der Waals surface area contributed by atoms with Gasteiger partial charge in [-0.05, 0) is 44.2 Å². The number of benzene rings is 2. The Bertz CT molecular complexity index is 1100. The van der Waals surface area contributed by atoms with E-state index in [2.05, 4.69) is 16.3 Å². The lowest BCUT2D eigenvalue weighted by Crippen LogP contribution is -2.37. The summed E-state index contributed by atoms with van der Waals surface area (Å²) in [5.74, 6) is 0.527. The van der Waals surface area contributed by atoms with Crippen LogP contribution in [0.25, 0.3) is 11.4 Å². The van der Waals surface area contributed by atoms with Crippen molar-refractivity contribution in [1.82, 2.24) is 14.8 Å². The van der Waals surface area contributed by atoms with Gasteiger partial charge in [0.15, 0.2) is 11.0 Å². The Labute approximate surface area is 195 Å². The van der Waals surface area contributed by atoms with Gasteiger partial charge in [0.25, 0.3) is 0 Å². The van der Waals surface area contributed by atoms with Crippen molar-refractivity contribution in [3.05, 3.63) is 58.6 Å². The number of halogens is 2. The molecular formula is C22H21Cl2N5OS. The number of para-hydroxylation sites is 1. The van der Waals surface area contributed by atoms with E-state index in [9.17, 15) is 4.79 Å². The summed E-state index contributed by atoms with van der Waals surface area (Å²) in [5.41, 5.74) is 1.49. The van der Waals surface area contributed by atoms with Gasteiger partial charge < -0.3 is 9.47 Å². The topological polar surface area (TPSA) is 74.8 Å². The molecule has 160 valence electrons. The number of thioether (sulfide) groups is 1. The number of hydrogen-bond donors (Lipinski definition) is 0. The van der Waals surface area contributed by atoms with Crippen LogP contribution in [-0.2, 0) is 11.3 Å². The van der Waals surface area contributed by atoms with E-state index in [0.717, 1.165) is 11.3 Å². The van der Waals surface area contributed by atoms with Gasteiger partial charge in [-0.1, -0.05) is 53.2 Å². The average molecular weight is 474 g/mol. The van der Waals surface area contributed by atoms with Crippen LogP contribution in [0.2, 0.25) is 10.0 Å². The molecule has 0 fully saturated rings. The van der Waals surface area contributed by atoms with E-state index in [1.54, 1.807) is 17.0 Å². The summed E-state index contributed by atoms with van der Waals surface area (Å²) in [6, 6.07) is 16.7. The summed E-state index contributed by atoms with van der Waals surface area (Å²) in [6.45, 7) is 4.76. The monoisotopic (exact) mass is 473 g/mol. The Morgan fingerprint density at radius 1 is 1.23 bits per heavy atom. The highest BCUT2D eigenvalue weighted by Gasteiger charge is 2.25. The van der Waals surface area contributed by atoms with E-state index < -0.39 is 5.25 Å². The molecule has 0 aliphatic heterocycles. The molecule has 3 aromatic rings. The van der Waals surface area contributed by atoms with Crippen molar-refractivity contribution in [2.75, 3.05) is 11.4 Å². The zero-order chi connectivity index (χ0) is 22.4. The first-order valence-electron chi connectivity index (χ1n) is 9.75. The van der Waals surface area contributed by atoms with Gasteiger partial charge in [-0.2, -0.15) is 5.26 Å². The van der Waals surface area contributed by atoms with Crippen molar-refractivity contribution >= 4 is 46.6 Å². The van der Waals surface area contributed by atoms with Crippen molar-refractivity contribution in [2.24, 2.45) is 0 Å². The van der Waals surface area contributed by atoms with E-state index in [4.69, 9.17) is 28.5 Å². The Balaban J connectivity index is 1.85. The number of carbonyl (C=O) groups excluding carboxylic acids is 1. The number of nitrogens with zero attached hydrogens (tertiary/aromatic N) is 5. The van der Waals surface area contributed by atoms with Crippen molar-refractivity contribution in [1.29, 1.82) is 5.26 Å². The SMILES string of the molecule is CCn1c(SC(C)C(=O)N(CCC#N)c2ccccc2)nnc1-c1ccc(Cl)cc1Cl. The number of aromatic nitrogens is 3. The molecular weight excluding hydrogens is 453 g/mol. The average Bonchev–Trinajstić information content (AvgIpc) is 3.16. The second-order valence-corrected chi connectivity index (χ2v) is 8.82. The van der Waals surface area contributed by atoms with Crippen LogP contribution >= 0.6 is 35.0 Å². The quantitative estimate of drug-likeness (QED) is 0.392. The third kappa shape index (κ3) is 5.40. The van der Waals surface area contributed by atoms with Crippen LogP contribution in [0.5, 0.6) is 0 Å². The largest absolute Gasteiger partial charge is 0.310 e. The summed E-state index contributed by atoms with van der Waals surface area (Å²) in [7, 11) is 0. The molecule has 1 heterocycles. The molecule has 3 rings (SSSR count). The zero-order valence-electron chi connectivity index (χ0n) is 17.1. The molecule has 0 N–H and O–H groups in total. The lowest BCUT2D eigenvalue weighted by molar-refractivity contribution is -0.117. The number of hydrogen-bond acceptors (Lipinski definition) is 5. The molecule has 1 aromatic heterocycles. The summed E-state index contributed by atoms with van der Waals surface area (Å²) in [5, 5.41) is 18.8. The normalized spacial score (nSPS) is 11.7. The van der Waals surface area contributed by atoms with Crippen LogP contribution in [0.4, 0.5) is 5.69 Å². The Kier molecular flexibility index (Phi) is 7.97. The number of carbonyl (C=O) groups is 1. The van der Waals surface area contributed by atoms with E-state index in [-0.39, 0.29) is 12.3 Å². The lowest BCUT2D eigenvalue weighted by Gasteiger charge is -2.24. The predicted molar refractivity (Wildman–Crippen MR) is 125 cm³/mol. The van der Waals surface area contributed by atoms with Crippen molar-refractivity contribution in [3.8, 4) is 17.5 Å². The zero-order valence-corrected chi connectivity index (χ0v) is 19.5. The van der Waals surface area contributed by atoms with Gasteiger partial charge in [-0.15, -0.1) is 10.2 Å². The van der Waals surface area contributed by atoms with E-state index >= 15 is 0 Å². The van der Waals surface area contributed by atoms with Crippen LogP contribution < -0.4 is 4.90 Å². The summed E-state index contributed by atoms with van der Waals surface area (Å²) >= 11 is 13.7. The maximum Gasteiger partial charge on any atom is 0.240 e. The third-order valence-electron chi connectivity index (χ3n) is 4.62. The van der Waals surface area contributed by atoms with Crippen molar-refractivity contribution in [2.45, 2.75) is 37.2 Å². The maximum atomic E-state index is 13.2. The van der Waals surface area contributed by atoms with Crippen molar-refractivity contribution in [3.63, 3.8) is 0 Å². The fraction of sp³-hybridized carbons (Fsp3) is 0.273. The molecule has 0 saturated carbocycles. The number of anilines is 1. The van der Waals surface area contributed by atoms with Gasteiger partial charge >= 0.3 is 0 Å². The predicted octanol–water partition coefficient (Wildman–Crippen LogP) is 5.70. The Hall–Kier alpha value is -2.53. The van der Waals surface area contributed by atoms with Crippen LogP contribution in [0.15, 0.2) is 53.7 Å². The summed E-state index contributed by atoms with van der Waals surface area (Å²) < 4.78 is 1.92. The molecule has 0 radical (unpaired) electrons. The second kappa shape index (κ2) is 10.7. The molecule has 0 aliphatic rings. The fourth-order valence-electron chi connectivity index (χ4n) is 3.10. The number of rotatable bonds is 8. The van der Waals surface area contributed by atoms with Crippen LogP contribution in [-0.4, -0.2) is 32.5 Å². The van der Waals surface area contributed by atoms with Gasteiger partial charge in [-0.3, -0.25) is 4.79 Å². The van der Waals surface area contributed by atoms with Gasteiger partial charge in [0.05, 0.1) is 22.8 Å². The highest BCUT2D eigenvalue weighted by molar-refractivity contribution is 8.00. The first-order chi connectivity index (χ1) is 15.0. The molecule has 1 amide bonds. The van der Waals surface area contributed by atoms with Gasteiger partial charge in [0.1, 0.15) is 0 Å². The first-order valence-corrected chi connectivity index (χ1v) is 11.4. The van der Waals surface area contributed by atoms with Gasteiger partial charge in [0, 0.05) is 29.4 Å². The molecule has 6 nitrogen and oxygen atoms in total. The minimum atomic E-state index is -0.429. The molecule has 31 heavy (non-hydrogen) atoms. The van der Waals surface area contributed by atoms with Crippen molar-refractivity contribution < 1.29 is 4.79 Å². The number of amides is 1. The smallest absolute Gasteiger partial charge is 0.240 e. The van der Waals surface area contributed by atoms with E-state index in [0.29, 0.717) is 34.1 Å². The molecule has 0 bridgehead atoms. The standard InChI is InChI=1S/C22H21Cl2N5OS/c1-3-28-20(18-11-10-16(23)14-19(18)24)26-27-22(28)31-15(2)21(30)29(13-7-12-25)17-8-5-4-6-9-17/h4-6,8-11,14-15H,3,7,13H2,1-2H3. The first kappa shape index (κ1) is 23.1. The Morgan fingerprint density at radius 3 is 2.61 bits per heavy atom. The number of nitriles is 1. The van der Waals surface area contributed by atoms with Crippen LogP contribution in [0.1, 0.15) is 20.3 Å². The van der Waals surface area contributed by atoms with E-state index in [1.807, 2.05) is 54.8 Å². The fourth-order valence-corrected chi connectivity index (χ4v) is 4.56. The van der Waals surface area contributed by atoms with E-state index in [1.165, 1.54) is 11.8 Å². The van der Waals surface area contributed by atoms with Gasteiger partial charge in [0.2, 0.25) is 5.91 Å². The summed E-state index contributed by atoms with van der Waals surface area (Å²) in [4.78, 5) is 14.9. The third-order valence-corrected chi connectivity index (χ3v) is 6.23. The molecule has 2 aromatic carbocycles. The molecule has 0 saturated heterocycles. The van der Waals surface area contributed by atoms with Crippen LogP contribution in [0.3, 0.4) is 0 Å². The minimum absolute atomic E-state index is 0.0943. The highest BCUT2D eigenvalue weighted by atomic mass is 35.5. The summed E-state index contributed by atoms with van der Waals surface area (Å²) in [6.07, 6.45) is 0.252. The molecule has 9 heteroatoms. The van der Waals surface area contributed by atoms with Crippen LogP contribution in [0, 0.1) is 11.3 Å². The second-order valence-electron chi connectivity index (χ2n) is 6.67. The molecule has 0 aliphatic carbocycles. The maximum absolute atomic E-state index is 13.2. The Morgan fingerprint density at radius 2 is 1.97 bits per heavy atom. The molecule has 0 spiro atoms. The molecule has 1 unspecified atom stereocenters. The highest BCUT2D eigenvalue weighted by Crippen LogP contribution is 2.33. The van der Waals surface area contributed by atoms with Gasteiger partial charge in [-0.25, -0.2) is 0 Å². The molecule has 1 atom stereocenters. The lowest BCUT2D eigenvalue weighted by atomic mass is 10.2. The minimum Gasteiger partial charge on any atom is -0.310 e.